The van der Waals surface area contributed by atoms with Crippen LogP contribution in [0.15, 0.2) is 0 Å². The van der Waals surface area contributed by atoms with Crippen molar-refractivity contribution in [3.63, 3.8) is 0 Å². The van der Waals surface area contributed by atoms with Crippen molar-refractivity contribution >= 4 is 6.41 Å². The van der Waals surface area contributed by atoms with Crippen LogP contribution in [0.2, 0.25) is 0 Å². The van der Waals surface area contributed by atoms with E-state index in [-0.39, 0.29) is 12.1 Å². The molecule has 0 aromatic carbocycles. The molecule has 0 aliphatic heterocycles. The minimum absolute atomic E-state index is 0.186. The van der Waals surface area contributed by atoms with E-state index in [1.54, 1.807) is 7.11 Å². The molecule has 0 aromatic heterocycles. The summed E-state index contributed by atoms with van der Waals surface area (Å²) in [5.41, 5.74) is 0. The molecule has 1 amide bonds. The first-order chi connectivity index (χ1) is 6.15. The number of methoxy groups -OCH3 is 1. The Labute approximate surface area is 80.8 Å². The molecule has 1 radical (unpaired) electrons. The molecule has 13 heavy (non-hydrogen) atoms. The number of carbonyl (C=O) groups excluding carboxylic acids is 1. The Morgan fingerprint density at radius 2 is 2.08 bits per heavy atom. The van der Waals surface area contributed by atoms with Crippen molar-refractivity contribution in [2.75, 3.05) is 7.11 Å². The maximum atomic E-state index is 10.2. The zero-order chi connectivity index (χ0) is 10.3. The second-order valence-corrected chi connectivity index (χ2v) is 3.39. The highest BCUT2D eigenvalue weighted by Gasteiger charge is 2.15. The molecule has 0 aromatic rings. The smallest absolute Gasteiger partial charge is 0.207 e. The monoisotopic (exact) mass is 186 g/mol. The molecule has 3 heteroatoms. The number of amides is 1. The molecular weight excluding hydrogens is 166 g/mol. The van der Waals surface area contributed by atoms with Crippen LogP contribution < -0.4 is 5.32 Å². The Morgan fingerprint density at radius 1 is 1.46 bits per heavy atom. The van der Waals surface area contributed by atoms with Gasteiger partial charge in [-0.25, -0.2) is 0 Å². The normalized spacial score (nSPS) is 17.5. The van der Waals surface area contributed by atoms with E-state index in [2.05, 4.69) is 12.2 Å². The van der Waals surface area contributed by atoms with E-state index in [1.807, 2.05) is 20.3 Å². The molecule has 0 aliphatic carbocycles. The topological polar surface area (TPSA) is 38.3 Å². The highest BCUT2D eigenvalue weighted by Crippen LogP contribution is 2.14. The van der Waals surface area contributed by atoms with Gasteiger partial charge in [0.25, 0.3) is 0 Å². The molecule has 0 rings (SSSR count). The zero-order valence-electron chi connectivity index (χ0n) is 8.91. The summed E-state index contributed by atoms with van der Waals surface area (Å²) in [5.74, 6) is 0.423. The molecule has 0 aliphatic rings. The lowest BCUT2D eigenvalue weighted by Crippen LogP contribution is -2.33. The van der Waals surface area contributed by atoms with Crippen molar-refractivity contribution in [3.05, 3.63) is 6.42 Å². The van der Waals surface area contributed by atoms with Gasteiger partial charge in [0.2, 0.25) is 6.41 Å². The molecular formula is C10H20NO2. The summed E-state index contributed by atoms with van der Waals surface area (Å²) in [6.07, 6.45) is 3.91. The van der Waals surface area contributed by atoms with Crippen molar-refractivity contribution in [3.8, 4) is 0 Å². The van der Waals surface area contributed by atoms with E-state index in [0.29, 0.717) is 5.92 Å². The summed E-state index contributed by atoms with van der Waals surface area (Å²) < 4.78 is 5.23. The van der Waals surface area contributed by atoms with Gasteiger partial charge in [-0.1, -0.05) is 13.8 Å². The predicted molar refractivity (Wildman–Crippen MR) is 53.2 cm³/mol. The molecule has 3 nitrogen and oxygen atoms in total. The molecule has 1 N–H and O–H groups in total. The Morgan fingerprint density at radius 3 is 2.46 bits per heavy atom. The average Bonchev–Trinajstić information content (AvgIpc) is 2.14. The second-order valence-electron chi connectivity index (χ2n) is 3.39. The van der Waals surface area contributed by atoms with Crippen LogP contribution in [0.5, 0.6) is 0 Å². The van der Waals surface area contributed by atoms with Crippen molar-refractivity contribution in [2.45, 2.75) is 39.3 Å². The maximum Gasteiger partial charge on any atom is 0.207 e. The number of ether oxygens (including phenoxy) is 1. The largest absolute Gasteiger partial charge is 0.381 e. The molecule has 3 atom stereocenters. The number of carbonyl (C=O) groups is 1. The fourth-order valence-corrected chi connectivity index (χ4v) is 1.21. The van der Waals surface area contributed by atoms with E-state index in [4.69, 9.17) is 4.74 Å². The molecule has 0 fully saturated rings. The highest BCUT2D eigenvalue weighted by molar-refractivity contribution is 5.46. The van der Waals surface area contributed by atoms with Crippen LogP contribution in [0.3, 0.4) is 0 Å². The van der Waals surface area contributed by atoms with Gasteiger partial charge >= 0.3 is 0 Å². The molecule has 0 spiro atoms. The van der Waals surface area contributed by atoms with Crippen LogP contribution in [0.4, 0.5) is 0 Å². The predicted octanol–water partition coefficient (Wildman–Crippen LogP) is 1.39. The third kappa shape index (κ3) is 4.88. The van der Waals surface area contributed by atoms with Crippen LogP contribution in [-0.4, -0.2) is 25.7 Å². The Hall–Kier alpha value is -0.570. The van der Waals surface area contributed by atoms with Gasteiger partial charge in [-0.15, -0.1) is 0 Å². The number of hydrogen-bond donors (Lipinski definition) is 1. The lowest BCUT2D eigenvalue weighted by molar-refractivity contribution is -0.110. The van der Waals surface area contributed by atoms with Gasteiger partial charge < -0.3 is 10.1 Å². The van der Waals surface area contributed by atoms with Crippen molar-refractivity contribution in [2.24, 2.45) is 5.92 Å². The third-order valence-corrected chi connectivity index (χ3v) is 2.46. The van der Waals surface area contributed by atoms with Crippen LogP contribution in [0, 0.1) is 12.3 Å². The average molecular weight is 186 g/mol. The number of rotatable bonds is 7. The Bertz CT molecular complexity index is 135. The number of hydrogen-bond acceptors (Lipinski definition) is 2. The first-order valence-electron chi connectivity index (χ1n) is 4.67. The van der Waals surface area contributed by atoms with E-state index >= 15 is 0 Å². The minimum atomic E-state index is 0.186. The fraction of sp³-hybridized carbons (Fsp3) is 0.800. The summed E-state index contributed by atoms with van der Waals surface area (Å²) in [6, 6.07) is 0.204. The standard InChI is InChI=1S/C10H20NO2/c1-5-10(13-4)6-8(2)9(3)11-7-12/h5,7-10H,6H2,1-4H3,(H,11,12). The summed E-state index contributed by atoms with van der Waals surface area (Å²) >= 11 is 0. The van der Waals surface area contributed by atoms with Gasteiger partial charge in [-0.2, -0.15) is 0 Å². The minimum Gasteiger partial charge on any atom is -0.381 e. The van der Waals surface area contributed by atoms with Gasteiger partial charge in [-0.05, 0) is 25.7 Å². The van der Waals surface area contributed by atoms with Gasteiger partial charge in [-0.3, -0.25) is 4.79 Å². The first-order valence-corrected chi connectivity index (χ1v) is 4.67. The van der Waals surface area contributed by atoms with Gasteiger partial charge in [0.1, 0.15) is 0 Å². The van der Waals surface area contributed by atoms with Crippen molar-refractivity contribution < 1.29 is 9.53 Å². The Balaban J connectivity index is 3.81. The number of nitrogens with one attached hydrogen (secondary N) is 1. The molecule has 3 unspecified atom stereocenters. The summed E-state index contributed by atoms with van der Waals surface area (Å²) in [6.45, 7) is 6.09. The molecule has 0 saturated heterocycles. The van der Waals surface area contributed by atoms with Gasteiger partial charge in [0.05, 0.1) is 6.10 Å². The first kappa shape index (κ1) is 12.4. The zero-order valence-corrected chi connectivity index (χ0v) is 8.91. The van der Waals surface area contributed by atoms with Crippen LogP contribution in [0.25, 0.3) is 0 Å². The maximum absolute atomic E-state index is 10.2. The molecule has 0 saturated carbocycles. The summed E-state index contributed by atoms with van der Waals surface area (Å²) in [5, 5.41) is 2.75. The van der Waals surface area contributed by atoms with E-state index in [9.17, 15) is 4.79 Å². The van der Waals surface area contributed by atoms with Crippen molar-refractivity contribution in [1.29, 1.82) is 0 Å². The van der Waals surface area contributed by atoms with E-state index < -0.39 is 0 Å². The lowest BCUT2D eigenvalue weighted by Gasteiger charge is -2.23. The van der Waals surface area contributed by atoms with Crippen molar-refractivity contribution in [1.82, 2.24) is 5.32 Å². The fourth-order valence-electron chi connectivity index (χ4n) is 1.21. The van der Waals surface area contributed by atoms with Gasteiger partial charge in [0, 0.05) is 13.2 Å². The van der Waals surface area contributed by atoms with E-state index in [0.717, 1.165) is 12.8 Å². The van der Waals surface area contributed by atoms with Gasteiger partial charge in [0.15, 0.2) is 0 Å². The molecule has 77 valence electrons. The Kier molecular flexibility index (Phi) is 6.59. The second kappa shape index (κ2) is 6.89. The highest BCUT2D eigenvalue weighted by atomic mass is 16.5. The van der Waals surface area contributed by atoms with Crippen LogP contribution in [0.1, 0.15) is 27.2 Å². The van der Waals surface area contributed by atoms with Crippen LogP contribution >= 0.6 is 0 Å². The summed E-state index contributed by atoms with van der Waals surface area (Å²) in [7, 11) is 1.70. The third-order valence-electron chi connectivity index (χ3n) is 2.46. The van der Waals surface area contributed by atoms with E-state index in [1.165, 1.54) is 0 Å². The molecule has 0 bridgehead atoms. The quantitative estimate of drug-likeness (QED) is 0.610. The lowest BCUT2D eigenvalue weighted by atomic mass is 9.95. The SMILES string of the molecule is C[CH]C(CC(C)C(C)NC=O)OC. The van der Waals surface area contributed by atoms with Crippen LogP contribution in [-0.2, 0) is 9.53 Å². The summed E-state index contributed by atoms with van der Waals surface area (Å²) in [4.78, 5) is 10.2. The molecule has 0 heterocycles.